The normalized spacial score (nSPS) is 13.6. The highest BCUT2D eigenvalue weighted by atomic mass is 15.1. The molecule has 0 heterocycles. The van der Waals surface area contributed by atoms with Crippen molar-refractivity contribution in [3.63, 3.8) is 0 Å². The van der Waals surface area contributed by atoms with Gasteiger partial charge in [-0.3, -0.25) is 9.89 Å². The van der Waals surface area contributed by atoms with Gasteiger partial charge in [0.2, 0.25) is 0 Å². The maximum absolute atomic E-state index is 5.87. The molecule has 4 nitrogen and oxygen atoms in total. The van der Waals surface area contributed by atoms with Crippen LogP contribution in [0, 0.1) is 5.92 Å². The van der Waals surface area contributed by atoms with E-state index in [4.69, 9.17) is 5.73 Å². The molecule has 0 aliphatic carbocycles. The van der Waals surface area contributed by atoms with E-state index in [1.54, 1.807) is 0 Å². The summed E-state index contributed by atoms with van der Waals surface area (Å²) in [6.07, 6.45) is 2.13. The minimum absolute atomic E-state index is 0.479. The van der Waals surface area contributed by atoms with Gasteiger partial charge in [0.15, 0.2) is 5.96 Å². The summed E-state index contributed by atoms with van der Waals surface area (Å²) in [6, 6.07) is 11.0. The molecular weight excluding hydrogens is 272 g/mol. The standard InChI is InChI=1S/C18H32N4/c1-15(2)10-12-20-18(19)21-13-11-16(3)22(4)14-17-8-6-5-7-9-17/h5-9,15-16H,10-14H2,1-4H3,(H3,19,20,21). The number of aliphatic imine (C=N–C) groups is 1. The zero-order chi connectivity index (χ0) is 16.4. The number of benzene rings is 1. The van der Waals surface area contributed by atoms with Crippen LogP contribution < -0.4 is 11.1 Å². The Morgan fingerprint density at radius 2 is 1.86 bits per heavy atom. The van der Waals surface area contributed by atoms with Crippen molar-refractivity contribution in [1.29, 1.82) is 0 Å². The number of hydrogen-bond donors (Lipinski definition) is 2. The zero-order valence-electron chi connectivity index (χ0n) is 14.5. The van der Waals surface area contributed by atoms with Gasteiger partial charge in [-0.25, -0.2) is 0 Å². The summed E-state index contributed by atoms with van der Waals surface area (Å²) in [5.41, 5.74) is 7.21. The van der Waals surface area contributed by atoms with Crippen molar-refractivity contribution < 1.29 is 0 Å². The Bertz CT molecular complexity index is 428. The minimum atomic E-state index is 0.479. The van der Waals surface area contributed by atoms with Gasteiger partial charge in [-0.1, -0.05) is 44.2 Å². The zero-order valence-corrected chi connectivity index (χ0v) is 14.5. The largest absolute Gasteiger partial charge is 0.370 e. The Labute approximate surface area is 135 Å². The van der Waals surface area contributed by atoms with E-state index in [0.717, 1.165) is 32.5 Å². The fourth-order valence-corrected chi connectivity index (χ4v) is 2.16. The number of nitrogens with two attached hydrogens (primary N) is 1. The van der Waals surface area contributed by atoms with Crippen molar-refractivity contribution in [3.05, 3.63) is 35.9 Å². The minimum Gasteiger partial charge on any atom is -0.370 e. The van der Waals surface area contributed by atoms with Gasteiger partial charge in [0.1, 0.15) is 0 Å². The molecule has 22 heavy (non-hydrogen) atoms. The van der Waals surface area contributed by atoms with E-state index in [1.807, 2.05) is 0 Å². The van der Waals surface area contributed by atoms with Crippen LogP contribution in [0.3, 0.4) is 0 Å². The monoisotopic (exact) mass is 304 g/mol. The third kappa shape index (κ3) is 8.03. The molecule has 1 unspecified atom stereocenters. The summed E-state index contributed by atoms with van der Waals surface area (Å²) in [5.74, 6) is 1.26. The first kappa shape index (κ1) is 18.5. The second-order valence-electron chi connectivity index (χ2n) is 6.41. The molecule has 4 heteroatoms. The Morgan fingerprint density at radius 1 is 1.18 bits per heavy atom. The molecule has 1 aromatic rings. The molecule has 0 aromatic heterocycles. The molecule has 1 atom stereocenters. The molecule has 0 aliphatic rings. The van der Waals surface area contributed by atoms with Crippen LogP contribution in [0.15, 0.2) is 35.3 Å². The third-order valence-electron chi connectivity index (χ3n) is 3.88. The van der Waals surface area contributed by atoms with Crippen LogP contribution in [0.2, 0.25) is 0 Å². The molecule has 0 aliphatic heterocycles. The van der Waals surface area contributed by atoms with Gasteiger partial charge in [-0.15, -0.1) is 0 Å². The van der Waals surface area contributed by atoms with Gasteiger partial charge >= 0.3 is 0 Å². The highest BCUT2D eigenvalue weighted by Gasteiger charge is 2.09. The summed E-state index contributed by atoms with van der Waals surface area (Å²) >= 11 is 0. The number of rotatable bonds is 9. The van der Waals surface area contributed by atoms with E-state index >= 15 is 0 Å². The second-order valence-corrected chi connectivity index (χ2v) is 6.41. The molecule has 0 spiro atoms. The molecule has 0 bridgehead atoms. The molecule has 0 radical (unpaired) electrons. The summed E-state index contributed by atoms with van der Waals surface area (Å²) < 4.78 is 0. The molecule has 0 saturated heterocycles. The highest BCUT2D eigenvalue weighted by Crippen LogP contribution is 2.08. The molecule has 1 rings (SSSR count). The summed E-state index contributed by atoms with van der Waals surface area (Å²) in [7, 11) is 2.16. The van der Waals surface area contributed by atoms with Gasteiger partial charge < -0.3 is 11.1 Å². The highest BCUT2D eigenvalue weighted by molar-refractivity contribution is 5.77. The van der Waals surface area contributed by atoms with Crippen LogP contribution in [0.1, 0.15) is 39.2 Å². The number of nitrogens with one attached hydrogen (secondary N) is 1. The smallest absolute Gasteiger partial charge is 0.188 e. The predicted octanol–water partition coefficient (Wildman–Crippen LogP) is 2.85. The molecule has 124 valence electrons. The molecule has 3 N–H and O–H groups in total. The van der Waals surface area contributed by atoms with Crippen molar-refractivity contribution in [2.75, 3.05) is 20.1 Å². The Balaban J connectivity index is 2.25. The molecule has 1 aromatic carbocycles. The van der Waals surface area contributed by atoms with Crippen molar-refractivity contribution in [3.8, 4) is 0 Å². The quantitative estimate of drug-likeness (QED) is 0.545. The molecular formula is C18H32N4. The maximum Gasteiger partial charge on any atom is 0.188 e. The second kappa shape index (κ2) is 10.2. The maximum atomic E-state index is 5.87. The number of nitrogens with zero attached hydrogens (tertiary/aromatic N) is 2. The van der Waals surface area contributed by atoms with E-state index in [2.05, 4.69) is 73.4 Å². The van der Waals surface area contributed by atoms with Crippen LogP contribution in [-0.2, 0) is 6.54 Å². The lowest BCUT2D eigenvalue weighted by atomic mass is 10.1. The van der Waals surface area contributed by atoms with Gasteiger partial charge in [0.05, 0.1) is 0 Å². The van der Waals surface area contributed by atoms with Crippen LogP contribution in [0.5, 0.6) is 0 Å². The Kier molecular flexibility index (Phi) is 8.60. The first-order chi connectivity index (χ1) is 10.5. The lowest BCUT2D eigenvalue weighted by molar-refractivity contribution is 0.240. The SMILES string of the molecule is CC(C)CCNC(N)=NCCC(C)N(C)Cc1ccccc1. The van der Waals surface area contributed by atoms with E-state index in [9.17, 15) is 0 Å². The fraction of sp³-hybridized carbons (Fsp3) is 0.611. The van der Waals surface area contributed by atoms with E-state index in [-0.39, 0.29) is 0 Å². The van der Waals surface area contributed by atoms with Crippen LogP contribution in [0.25, 0.3) is 0 Å². The third-order valence-corrected chi connectivity index (χ3v) is 3.88. The van der Waals surface area contributed by atoms with Gasteiger partial charge in [0.25, 0.3) is 0 Å². The predicted molar refractivity (Wildman–Crippen MR) is 95.9 cm³/mol. The number of hydrogen-bond acceptors (Lipinski definition) is 2. The average Bonchev–Trinajstić information content (AvgIpc) is 2.47. The van der Waals surface area contributed by atoms with Crippen molar-refractivity contribution in [1.82, 2.24) is 10.2 Å². The van der Waals surface area contributed by atoms with Crippen molar-refractivity contribution in [2.45, 2.75) is 46.2 Å². The lowest BCUT2D eigenvalue weighted by Gasteiger charge is -2.24. The molecule has 0 saturated carbocycles. The van der Waals surface area contributed by atoms with Crippen molar-refractivity contribution in [2.24, 2.45) is 16.6 Å². The first-order valence-corrected chi connectivity index (χ1v) is 8.27. The lowest BCUT2D eigenvalue weighted by Crippen LogP contribution is -2.34. The van der Waals surface area contributed by atoms with Gasteiger partial charge in [-0.2, -0.15) is 0 Å². The van der Waals surface area contributed by atoms with E-state index in [0.29, 0.717) is 17.9 Å². The Morgan fingerprint density at radius 3 is 2.50 bits per heavy atom. The van der Waals surface area contributed by atoms with Crippen LogP contribution >= 0.6 is 0 Å². The molecule has 0 amide bonds. The number of guanidine groups is 1. The first-order valence-electron chi connectivity index (χ1n) is 8.27. The van der Waals surface area contributed by atoms with Crippen LogP contribution in [0.4, 0.5) is 0 Å². The summed E-state index contributed by atoms with van der Waals surface area (Å²) in [6.45, 7) is 9.28. The molecule has 0 fully saturated rings. The fourth-order valence-electron chi connectivity index (χ4n) is 2.16. The van der Waals surface area contributed by atoms with Gasteiger partial charge in [-0.05, 0) is 38.3 Å². The topological polar surface area (TPSA) is 53.6 Å². The average molecular weight is 304 g/mol. The summed E-state index contributed by atoms with van der Waals surface area (Å²) in [4.78, 5) is 6.76. The van der Waals surface area contributed by atoms with E-state index < -0.39 is 0 Å². The van der Waals surface area contributed by atoms with E-state index in [1.165, 1.54) is 5.56 Å². The van der Waals surface area contributed by atoms with Gasteiger partial charge in [0, 0.05) is 25.7 Å². The van der Waals surface area contributed by atoms with Crippen LogP contribution in [-0.4, -0.2) is 37.0 Å². The Hall–Kier alpha value is -1.55. The summed E-state index contributed by atoms with van der Waals surface area (Å²) in [5, 5.41) is 3.17. The van der Waals surface area contributed by atoms with Crippen molar-refractivity contribution >= 4 is 5.96 Å².